The van der Waals surface area contributed by atoms with Crippen molar-refractivity contribution in [2.45, 2.75) is 11.8 Å². The number of amides is 1. The van der Waals surface area contributed by atoms with Gasteiger partial charge in [0, 0.05) is 11.9 Å². The molecule has 0 unspecified atom stereocenters. The number of H-pyrrole nitrogens is 1. The molecule has 0 fully saturated rings. The first-order valence-electron chi connectivity index (χ1n) is 5.77. The van der Waals surface area contributed by atoms with Gasteiger partial charge in [-0.2, -0.15) is 0 Å². The quantitative estimate of drug-likeness (QED) is 0.732. The van der Waals surface area contributed by atoms with E-state index < -0.39 is 21.5 Å². The van der Waals surface area contributed by atoms with Gasteiger partial charge in [-0.15, -0.1) is 0 Å². The van der Waals surface area contributed by atoms with Crippen molar-refractivity contribution < 1.29 is 13.2 Å². The van der Waals surface area contributed by atoms with Gasteiger partial charge in [0.25, 0.3) is 11.5 Å². The van der Waals surface area contributed by atoms with Crippen LogP contribution in [0.2, 0.25) is 0 Å². The smallest absolute Gasteiger partial charge is 0.275 e. The standard InChI is InChI=1S/C12H12N4O4S/c1-7-4-8(21(13,19)20)2-3-9(7)16-12(18)10-5-15-11(17)6-14-10/h2-6H,1H3,(H,15,17)(H,16,18)(H2,13,19,20). The van der Waals surface area contributed by atoms with Gasteiger partial charge >= 0.3 is 0 Å². The van der Waals surface area contributed by atoms with E-state index in [-0.39, 0.29) is 10.6 Å². The zero-order valence-electron chi connectivity index (χ0n) is 11.0. The number of nitrogens with two attached hydrogens (primary N) is 1. The van der Waals surface area contributed by atoms with E-state index in [1.165, 1.54) is 24.4 Å². The van der Waals surface area contributed by atoms with Crippen LogP contribution in [0.25, 0.3) is 0 Å². The first kappa shape index (κ1) is 14.9. The van der Waals surface area contributed by atoms with Crippen LogP contribution in [0.4, 0.5) is 5.69 Å². The number of aromatic nitrogens is 2. The van der Waals surface area contributed by atoms with Crippen molar-refractivity contribution >= 4 is 21.6 Å². The molecule has 0 aliphatic carbocycles. The fraction of sp³-hybridized carbons (Fsp3) is 0.0833. The monoisotopic (exact) mass is 308 g/mol. The average Bonchev–Trinajstić information content (AvgIpc) is 2.40. The number of anilines is 1. The molecule has 2 aromatic rings. The van der Waals surface area contributed by atoms with Crippen LogP contribution in [0, 0.1) is 6.92 Å². The van der Waals surface area contributed by atoms with Crippen LogP contribution in [0.3, 0.4) is 0 Å². The largest absolute Gasteiger partial charge is 0.325 e. The zero-order chi connectivity index (χ0) is 15.6. The van der Waals surface area contributed by atoms with Gasteiger partial charge in [0.1, 0.15) is 5.69 Å². The Morgan fingerprint density at radius 2 is 2.10 bits per heavy atom. The number of carbonyl (C=O) groups is 1. The molecule has 0 radical (unpaired) electrons. The minimum absolute atomic E-state index is 0.0320. The molecular formula is C12H12N4O4S. The fourth-order valence-electron chi connectivity index (χ4n) is 1.61. The van der Waals surface area contributed by atoms with E-state index in [9.17, 15) is 18.0 Å². The summed E-state index contributed by atoms with van der Waals surface area (Å²) in [5.74, 6) is -0.530. The highest BCUT2D eigenvalue weighted by atomic mass is 32.2. The van der Waals surface area contributed by atoms with Crippen LogP contribution in [0.15, 0.2) is 40.3 Å². The first-order valence-corrected chi connectivity index (χ1v) is 7.31. The van der Waals surface area contributed by atoms with Crippen molar-refractivity contribution in [2.75, 3.05) is 5.32 Å². The maximum Gasteiger partial charge on any atom is 0.275 e. The summed E-state index contributed by atoms with van der Waals surface area (Å²) in [6.45, 7) is 1.63. The van der Waals surface area contributed by atoms with Gasteiger partial charge in [-0.25, -0.2) is 18.5 Å². The predicted octanol–water partition coefficient (Wildman–Crippen LogP) is -0.0220. The van der Waals surface area contributed by atoms with E-state index in [4.69, 9.17) is 5.14 Å². The number of hydrogen-bond donors (Lipinski definition) is 3. The molecule has 0 aliphatic heterocycles. The second-order valence-electron chi connectivity index (χ2n) is 4.27. The Morgan fingerprint density at radius 1 is 1.38 bits per heavy atom. The molecule has 1 aromatic carbocycles. The van der Waals surface area contributed by atoms with Gasteiger partial charge in [0.15, 0.2) is 0 Å². The number of primary sulfonamides is 1. The lowest BCUT2D eigenvalue weighted by Crippen LogP contribution is -2.18. The third-order valence-corrected chi connectivity index (χ3v) is 3.59. The van der Waals surface area contributed by atoms with E-state index in [0.29, 0.717) is 11.3 Å². The molecule has 0 bridgehead atoms. The van der Waals surface area contributed by atoms with Crippen molar-refractivity contribution in [3.8, 4) is 0 Å². The first-order chi connectivity index (χ1) is 9.77. The molecular weight excluding hydrogens is 296 g/mol. The Morgan fingerprint density at radius 3 is 2.62 bits per heavy atom. The third kappa shape index (κ3) is 3.52. The number of aromatic amines is 1. The molecule has 1 amide bonds. The van der Waals surface area contributed by atoms with Crippen LogP contribution in [-0.2, 0) is 10.0 Å². The second kappa shape index (κ2) is 5.46. The number of hydrogen-bond acceptors (Lipinski definition) is 5. The van der Waals surface area contributed by atoms with Crippen LogP contribution < -0.4 is 16.0 Å². The highest BCUT2D eigenvalue weighted by Crippen LogP contribution is 2.19. The van der Waals surface area contributed by atoms with E-state index in [2.05, 4.69) is 15.3 Å². The molecule has 8 nitrogen and oxygen atoms in total. The average molecular weight is 308 g/mol. The number of nitrogens with one attached hydrogen (secondary N) is 2. The zero-order valence-corrected chi connectivity index (χ0v) is 11.8. The number of rotatable bonds is 3. The van der Waals surface area contributed by atoms with Crippen LogP contribution in [0.1, 0.15) is 16.1 Å². The summed E-state index contributed by atoms with van der Waals surface area (Å²) >= 11 is 0. The van der Waals surface area contributed by atoms with Crippen molar-refractivity contribution in [1.82, 2.24) is 9.97 Å². The Kier molecular flexibility index (Phi) is 3.87. The second-order valence-corrected chi connectivity index (χ2v) is 5.83. The van der Waals surface area contributed by atoms with Gasteiger partial charge in [0.05, 0.1) is 11.1 Å². The summed E-state index contributed by atoms with van der Waals surface area (Å²) < 4.78 is 22.4. The topological polar surface area (TPSA) is 135 Å². The van der Waals surface area contributed by atoms with Crippen molar-refractivity contribution in [3.63, 3.8) is 0 Å². The maximum atomic E-state index is 11.9. The van der Waals surface area contributed by atoms with E-state index in [1.807, 2.05) is 0 Å². The number of benzene rings is 1. The van der Waals surface area contributed by atoms with Crippen molar-refractivity contribution in [2.24, 2.45) is 5.14 Å². The summed E-state index contributed by atoms with van der Waals surface area (Å²) in [4.78, 5) is 28.8. The lowest BCUT2D eigenvalue weighted by Gasteiger charge is -2.09. The maximum absolute atomic E-state index is 11.9. The number of nitrogens with zero attached hydrogens (tertiary/aromatic N) is 1. The normalized spacial score (nSPS) is 11.1. The van der Waals surface area contributed by atoms with E-state index in [1.54, 1.807) is 6.92 Å². The fourth-order valence-corrected chi connectivity index (χ4v) is 2.20. The molecule has 0 atom stereocenters. The molecule has 1 heterocycles. The van der Waals surface area contributed by atoms with Gasteiger partial charge in [0.2, 0.25) is 10.0 Å². The minimum atomic E-state index is -3.79. The summed E-state index contributed by atoms with van der Waals surface area (Å²) in [5.41, 5.74) is 0.560. The molecule has 4 N–H and O–H groups in total. The third-order valence-electron chi connectivity index (χ3n) is 2.68. The Balaban J connectivity index is 2.26. The molecule has 110 valence electrons. The van der Waals surface area contributed by atoms with Crippen molar-refractivity contribution in [3.05, 3.63) is 52.2 Å². The molecule has 0 saturated carbocycles. The molecule has 2 rings (SSSR count). The summed E-state index contributed by atoms with van der Waals surface area (Å²) in [7, 11) is -3.79. The van der Waals surface area contributed by atoms with Gasteiger partial charge in [-0.3, -0.25) is 9.59 Å². The Hall–Kier alpha value is -2.52. The molecule has 21 heavy (non-hydrogen) atoms. The van der Waals surface area contributed by atoms with Gasteiger partial charge < -0.3 is 10.3 Å². The highest BCUT2D eigenvalue weighted by Gasteiger charge is 2.12. The highest BCUT2D eigenvalue weighted by molar-refractivity contribution is 7.89. The Bertz CT molecular complexity index is 837. The molecule has 9 heteroatoms. The Labute approximate surface area is 120 Å². The lowest BCUT2D eigenvalue weighted by atomic mass is 10.2. The molecule has 0 aliphatic rings. The SMILES string of the molecule is Cc1cc(S(N)(=O)=O)ccc1NC(=O)c1c[nH]c(=O)cn1. The minimum Gasteiger partial charge on any atom is -0.325 e. The van der Waals surface area contributed by atoms with E-state index in [0.717, 1.165) is 6.20 Å². The number of carbonyl (C=O) groups excluding carboxylic acids is 1. The van der Waals surface area contributed by atoms with Crippen molar-refractivity contribution in [1.29, 1.82) is 0 Å². The van der Waals surface area contributed by atoms with E-state index >= 15 is 0 Å². The molecule has 0 saturated heterocycles. The van der Waals surface area contributed by atoms with Crippen LogP contribution >= 0.6 is 0 Å². The van der Waals surface area contributed by atoms with Crippen LogP contribution in [0.5, 0.6) is 0 Å². The summed E-state index contributed by atoms with van der Waals surface area (Å²) in [5, 5.41) is 7.59. The summed E-state index contributed by atoms with van der Waals surface area (Å²) in [6, 6.07) is 4.07. The van der Waals surface area contributed by atoms with Gasteiger partial charge in [-0.1, -0.05) is 0 Å². The summed E-state index contributed by atoms with van der Waals surface area (Å²) in [6.07, 6.45) is 2.18. The lowest BCUT2D eigenvalue weighted by molar-refractivity contribution is 0.102. The predicted molar refractivity (Wildman–Crippen MR) is 75.4 cm³/mol. The van der Waals surface area contributed by atoms with Gasteiger partial charge in [-0.05, 0) is 30.7 Å². The molecule has 0 spiro atoms. The number of aryl methyl sites for hydroxylation is 1. The molecule has 1 aromatic heterocycles. The van der Waals surface area contributed by atoms with Crippen LogP contribution in [-0.4, -0.2) is 24.3 Å². The number of sulfonamides is 1.